The molecule has 3 aromatic rings. The summed E-state index contributed by atoms with van der Waals surface area (Å²) < 4.78 is 16.0. The van der Waals surface area contributed by atoms with E-state index in [1.54, 1.807) is 37.4 Å². The van der Waals surface area contributed by atoms with Crippen LogP contribution >= 0.6 is 0 Å². The molecule has 0 aliphatic heterocycles. The number of nitrogens with one attached hydrogen (secondary N) is 1. The number of aryl methyl sites for hydroxylation is 2. The molecule has 7 nitrogen and oxygen atoms in total. The third kappa shape index (κ3) is 6.71. The van der Waals surface area contributed by atoms with E-state index in [2.05, 4.69) is 16.1 Å². The van der Waals surface area contributed by atoms with Crippen LogP contribution in [-0.4, -0.2) is 26.1 Å². The van der Waals surface area contributed by atoms with Crippen LogP contribution < -0.4 is 14.8 Å². The SMILES string of the molecule is COC(=O)c1ccc(NC(=O)/C(C#N)=C/c2ccc(OC)cc2OCc2cc(C)cc(C)c2)cc1. The number of carbonyl (C=O) groups is 2. The number of nitrogens with zero attached hydrogens (tertiary/aromatic N) is 1. The molecule has 7 heteroatoms. The van der Waals surface area contributed by atoms with Crippen molar-refractivity contribution in [3.05, 3.63) is 94.1 Å². The number of anilines is 1. The highest BCUT2D eigenvalue weighted by Gasteiger charge is 2.13. The number of carbonyl (C=O) groups excluding carboxylic acids is 2. The summed E-state index contributed by atoms with van der Waals surface area (Å²) in [4.78, 5) is 24.3. The van der Waals surface area contributed by atoms with Crippen LogP contribution in [0.1, 0.15) is 32.6 Å². The van der Waals surface area contributed by atoms with Gasteiger partial charge in [0.2, 0.25) is 0 Å². The van der Waals surface area contributed by atoms with Gasteiger partial charge in [0.1, 0.15) is 29.7 Å². The summed E-state index contributed by atoms with van der Waals surface area (Å²) in [5.74, 6) is 0.000424. The Morgan fingerprint density at radius 1 is 0.971 bits per heavy atom. The number of rotatable bonds is 8. The summed E-state index contributed by atoms with van der Waals surface area (Å²) in [7, 11) is 2.85. The number of esters is 1. The minimum absolute atomic E-state index is 0.108. The van der Waals surface area contributed by atoms with E-state index in [1.165, 1.54) is 25.3 Å². The summed E-state index contributed by atoms with van der Waals surface area (Å²) in [5, 5.41) is 12.3. The topological polar surface area (TPSA) is 97.7 Å². The molecular formula is C28H26N2O5. The summed E-state index contributed by atoms with van der Waals surface area (Å²) in [6, 6.07) is 19.5. The first-order valence-electron chi connectivity index (χ1n) is 10.8. The second-order valence-electron chi connectivity index (χ2n) is 7.88. The summed E-state index contributed by atoms with van der Waals surface area (Å²) >= 11 is 0. The highest BCUT2D eigenvalue weighted by Crippen LogP contribution is 2.28. The highest BCUT2D eigenvalue weighted by molar-refractivity contribution is 6.10. The normalized spacial score (nSPS) is 10.8. The Balaban J connectivity index is 1.83. The molecule has 0 spiro atoms. The van der Waals surface area contributed by atoms with Crippen molar-refractivity contribution in [1.29, 1.82) is 5.26 Å². The maximum Gasteiger partial charge on any atom is 0.337 e. The lowest BCUT2D eigenvalue weighted by Gasteiger charge is -2.13. The van der Waals surface area contributed by atoms with Crippen LogP contribution in [0.25, 0.3) is 6.08 Å². The first kappa shape index (κ1) is 25.1. The van der Waals surface area contributed by atoms with Gasteiger partial charge in [-0.3, -0.25) is 4.79 Å². The Hall–Kier alpha value is -4.57. The van der Waals surface area contributed by atoms with E-state index in [4.69, 9.17) is 9.47 Å². The summed E-state index contributed by atoms with van der Waals surface area (Å²) in [6.07, 6.45) is 1.47. The average molecular weight is 471 g/mol. The molecule has 0 saturated carbocycles. The van der Waals surface area contributed by atoms with Crippen molar-refractivity contribution in [2.24, 2.45) is 0 Å². The van der Waals surface area contributed by atoms with Gasteiger partial charge in [-0.2, -0.15) is 5.26 Å². The van der Waals surface area contributed by atoms with Gasteiger partial charge in [-0.1, -0.05) is 29.3 Å². The van der Waals surface area contributed by atoms with Crippen LogP contribution in [-0.2, 0) is 16.1 Å². The Labute approximate surface area is 204 Å². The molecule has 178 valence electrons. The molecule has 0 atom stereocenters. The smallest absolute Gasteiger partial charge is 0.337 e. The maximum atomic E-state index is 12.8. The Morgan fingerprint density at radius 2 is 1.66 bits per heavy atom. The monoisotopic (exact) mass is 470 g/mol. The first-order chi connectivity index (χ1) is 16.8. The predicted octanol–water partition coefficient (Wildman–Crippen LogP) is 5.22. The quantitative estimate of drug-likeness (QED) is 0.275. The predicted molar refractivity (Wildman–Crippen MR) is 133 cm³/mol. The van der Waals surface area contributed by atoms with E-state index in [0.29, 0.717) is 34.9 Å². The van der Waals surface area contributed by atoms with Gasteiger partial charge in [0, 0.05) is 17.3 Å². The third-order valence-corrected chi connectivity index (χ3v) is 5.13. The average Bonchev–Trinajstić information content (AvgIpc) is 2.85. The van der Waals surface area contributed by atoms with E-state index >= 15 is 0 Å². The number of hydrogen-bond donors (Lipinski definition) is 1. The number of methoxy groups -OCH3 is 2. The number of nitriles is 1. The van der Waals surface area contributed by atoms with Crippen LogP contribution in [0.4, 0.5) is 5.69 Å². The fourth-order valence-electron chi connectivity index (χ4n) is 3.51. The second kappa shape index (κ2) is 11.5. The zero-order chi connectivity index (χ0) is 25.4. The maximum absolute atomic E-state index is 12.8. The van der Waals surface area contributed by atoms with Crippen LogP contribution in [0.5, 0.6) is 11.5 Å². The van der Waals surface area contributed by atoms with E-state index in [9.17, 15) is 14.9 Å². The molecule has 1 N–H and O–H groups in total. The number of benzene rings is 3. The molecule has 0 fully saturated rings. The standard InChI is InChI=1S/C28H26N2O5/c1-18-11-19(2)13-20(12-18)17-35-26-15-25(33-3)10-7-22(26)14-23(16-29)27(31)30-24-8-5-21(6-9-24)28(32)34-4/h5-15H,17H2,1-4H3,(H,30,31)/b23-14+. The summed E-state index contributed by atoms with van der Waals surface area (Å²) in [5.41, 5.74) is 4.52. The van der Waals surface area contributed by atoms with Gasteiger partial charge in [0.05, 0.1) is 19.8 Å². The van der Waals surface area contributed by atoms with E-state index in [-0.39, 0.29) is 5.57 Å². The molecule has 0 saturated heterocycles. The molecule has 1 amide bonds. The Bertz CT molecular complexity index is 1280. The Kier molecular flexibility index (Phi) is 8.25. The molecule has 0 aliphatic carbocycles. The van der Waals surface area contributed by atoms with Crippen molar-refractivity contribution < 1.29 is 23.8 Å². The summed E-state index contributed by atoms with van der Waals surface area (Å²) in [6.45, 7) is 4.37. The molecule has 0 radical (unpaired) electrons. The van der Waals surface area contributed by atoms with Crippen molar-refractivity contribution in [1.82, 2.24) is 0 Å². The van der Waals surface area contributed by atoms with Gasteiger partial charge in [0.15, 0.2) is 0 Å². The van der Waals surface area contributed by atoms with E-state index < -0.39 is 11.9 Å². The van der Waals surface area contributed by atoms with Crippen molar-refractivity contribution in [2.75, 3.05) is 19.5 Å². The number of ether oxygens (including phenoxy) is 3. The molecule has 3 aromatic carbocycles. The van der Waals surface area contributed by atoms with Gasteiger partial charge < -0.3 is 19.5 Å². The minimum Gasteiger partial charge on any atom is -0.497 e. The minimum atomic E-state index is -0.589. The van der Waals surface area contributed by atoms with Crippen molar-refractivity contribution in [2.45, 2.75) is 20.5 Å². The lowest BCUT2D eigenvalue weighted by atomic mass is 10.1. The van der Waals surface area contributed by atoms with Gasteiger partial charge in [-0.15, -0.1) is 0 Å². The van der Waals surface area contributed by atoms with Crippen molar-refractivity contribution in [3.8, 4) is 17.6 Å². The van der Waals surface area contributed by atoms with Gasteiger partial charge in [0.25, 0.3) is 5.91 Å². The molecule has 0 unspecified atom stereocenters. The molecule has 0 heterocycles. The lowest BCUT2D eigenvalue weighted by Crippen LogP contribution is -2.13. The molecule has 0 aliphatic rings. The van der Waals surface area contributed by atoms with Crippen molar-refractivity contribution >= 4 is 23.6 Å². The molecule has 35 heavy (non-hydrogen) atoms. The van der Waals surface area contributed by atoms with Crippen LogP contribution in [0, 0.1) is 25.2 Å². The van der Waals surface area contributed by atoms with Gasteiger partial charge >= 0.3 is 5.97 Å². The number of hydrogen-bond acceptors (Lipinski definition) is 6. The van der Waals surface area contributed by atoms with Crippen LogP contribution in [0.3, 0.4) is 0 Å². The molecule has 0 bridgehead atoms. The first-order valence-corrected chi connectivity index (χ1v) is 10.8. The van der Waals surface area contributed by atoms with Crippen LogP contribution in [0.15, 0.2) is 66.2 Å². The van der Waals surface area contributed by atoms with Crippen molar-refractivity contribution in [3.63, 3.8) is 0 Å². The largest absolute Gasteiger partial charge is 0.497 e. The fraction of sp³-hybridized carbons (Fsp3) is 0.179. The van der Waals surface area contributed by atoms with E-state index in [0.717, 1.165) is 16.7 Å². The number of amides is 1. The third-order valence-electron chi connectivity index (χ3n) is 5.13. The fourth-order valence-corrected chi connectivity index (χ4v) is 3.51. The van der Waals surface area contributed by atoms with Crippen LogP contribution in [0.2, 0.25) is 0 Å². The molecular weight excluding hydrogens is 444 g/mol. The van der Waals surface area contributed by atoms with Gasteiger partial charge in [-0.05, 0) is 61.9 Å². The zero-order valence-electron chi connectivity index (χ0n) is 20.0. The Morgan fingerprint density at radius 3 is 2.26 bits per heavy atom. The second-order valence-corrected chi connectivity index (χ2v) is 7.88. The molecule has 0 aromatic heterocycles. The zero-order valence-corrected chi connectivity index (χ0v) is 20.0. The van der Waals surface area contributed by atoms with E-state index in [1.807, 2.05) is 32.0 Å². The highest BCUT2D eigenvalue weighted by atomic mass is 16.5. The van der Waals surface area contributed by atoms with Gasteiger partial charge in [-0.25, -0.2) is 4.79 Å². The molecule has 3 rings (SSSR count). The lowest BCUT2D eigenvalue weighted by molar-refractivity contribution is -0.112.